The fourth-order valence-corrected chi connectivity index (χ4v) is 6.51. The zero-order valence-electron chi connectivity index (χ0n) is 27.7. The molecule has 0 radical (unpaired) electrons. The summed E-state index contributed by atoms with van der Waals surface area (Å²) >= 11 is 0. The molecule has 0 bridgehead atoms. The molecule has 1 fully saturated rings. The lowest BCUT2D eigenvalue weighted by molar-refractivity contribution is -0.125. The van der Waals surface area contributed by atoms with Gasteiger partial charge in [-0.25, -0.2) is 4.90 Å². The number of anilines is 4. The second-order valence-corrected chi connectivity index (χ2v) is 12.5. The Morgan fingerprint density at radius 1 is 0.854 bits per heavy atom. The number of nitrogen functional groups attached to an aromatic ring is 1. The third kappa shape index (κ3) is 6.88. The Bertz CT molecular complexity index is 1820. The van der Waals surface area contributed by atoms with Gasteiger partial charge in [-0.1, -0.05) is 60.7 Å². The van der Waals surface area contributed by atoms with Gasteiger partial charge in [0.25, 0.3) is 0 Å². The van der Waals surface area contributed by atoms with E-state index < -0.39 is 5.92 Å². The average Bonchev–Trinajstić information content (AvgIpc) is 3.39. The number of nitrogens with two attached hydrogens (primary N) is 1. The molecule has 1 saturated heterocycles. The number of likely N-dealkylation sites (N-methyl/N-ethyl adjacent to an activating group) is 1. The maximum atomic E-state index is 14.2. The lowest BCUT2D eigenvalue weighted by atomic mass is 9.84. The number of fused-ring (bicyclic) bond motifs is 1. The van der Waals surface area contributed by atoms with E-state index in [0.29, 0.717) is 23.4 Å². The molecular weight excluding hydrogens is 600 g/mol. The molecule has 0 spiro atoms. The number of imide groups is 1. The van der Waals surface area contributed by atoms with Crippen LogP contribution in [0.3, 0.4) is 0 Å². The van der Waals surface area contributed by atoms with Crippen molar-refractivity contribution in [1.29, 1.82) is 0 Å². The number of nitrogens with zero attached hydrogens (tertiary/aromatic N) is 4. The summed E-state index contributed by atoms with van der Waals surface area (Å²) in [6, 6.07) is 32.6. The van der Waals surface area contributed by atoms with Crippen LogP contribution in [0.2, 0.25) is 0 Å². The van der Waals surface area contributed by atoms with Crippen molar-refractivity contribution in [2.75, 3.05) is 67.7 Å². The second-order valence-electron chi connectivity index (χ2n) is 12.5. The van der Waals surface area contributed by atoms with Crippen molar-refractivity contribution in [3.8, 4) is 0 Å². The first-order chi connectivity index (χ1) is 23.2. The predicted octanol–water partition coefficient (Wildman–Crippen LogP) is 5.53. The molecule has 246 valence electrons. The highest BCUT2D eigenvalue weighted by molar-refractivity contribution is 6.26. The van der Waals surface area contributed by atoms with Gasteiger partial charge in [-0.3, -0.25) is 14.4 Å². The van der Waals surface area contributed by atoms with Crippen LogP contribution in [0.1, 0.15) is 36.0 Å². The molecule has 48 heavy (non-hydrogen) atoms. The minimum Gasteiger partial charge on any atom is -0.399 e. The van der Waals surface area contributed by atoms with Gasteiger partial charge in [0.15, 0.2) is 0 Å². The third-order valence-corrected chi connectivity index (χ3v) is 9.23. The summed E-state index contributed by atoms with van der Waals surface area (Å²) in [5, 5.41) is 3.63. The summed E-state index contributed by atoms with van der Waals surface area (Å²) in [5.74, 6) is -1.41. The molecule has 2 aliphatic rings. The highest BCUT2D eigenvalue weighted by Gasteiger charge is 2.43. The first-order valence-corrected chi connectivity index (χ1v) is 16.3. The Hall–Kier alpha value is -5.25. The summed E-state index contributed by atoms with van der Waals surface area (Å²) in [7, 11) is 3.94. The zero-order chi connectivity index (χ0) is 33.8. The molecule has 2 aliphatic heterocycles. The van der Waals surface area contributed by atoms with Crippen molar-refractivity contribution in [3.63, 3.8) is 0 Å². The molecule has 3 N–H and O–H groups in total. The summed E-state index contributed by atoms with van der Waals surface area (Å²) in [6.07, 6.45) is 0.459. The highest BCUT2D eigenvalue weighted by Crippen LogP contribution is 2.48. The predicted molar refractivity (Wildman–Crippen MR) is 193 cm³/mol. The van der Waals surface area contributed by atoms with E-state index in [1.165, 1.54) is 11.8 Å². The Morgan fingerprint density at radius 2 is 1.48 bits per heavy atom. The van der Waals surface area contributed by atoms with Crippen LogP contribution in [-0.4, -0.2) is 74.3 Å². The minimum atomic E-state index is -0.791. The van der Waals surface area contributed by atoms with Crippen LogP contribution < -0.4 is 20.9 Å². The van der Waals surface area contributed by atoms with E-state index in [1.54, 1.807) is 23.1 Å². The van der Waals surface area contributed by atoms with Gasteiger partial charge in [-0.2, -0.15) is 0 Å². The largest absolute Gasteiger partial charge is 0.399 e. The Morgan fingerprint density at radius 3 is 2.10 bits per heavy atom. The molecule has 0 aromatic heterocycles. The van der Waals surface area contributed by atoms with Gasteiger partial charge in [0.05, 0.1) is 17.3 Å². The van der Waals surface area contributed by atoms with Crippen molar-refractivity contribution < 1.29 is 14.4 Å². The molecule has 2 heterocycles. The third-order valence-electron chi connectivity index (χ3n) is 9.23. The van der Waals surface area contributed by atoms with Gasteiger partial charge < -0.3 is 25.8 Å². The maximum absolute atomic E-state index is 14.2. The molecule has 4 aromatic carbocycles. The fourth-order valence-electron chi connectivity index (χ4n) is 6.51. The van der Waals surface area contributed by atoms with Crippen LogP contribution in [0, 0.1) is 0 Å². The number of hydrogen-bond donors (Lipinski definition) is 2. The Balaban J connectivity index is 1.36. The molecule has 0 aliphatic carbocycles. The summed E-state index contributed by atoms with van der Waals surface area (Å²) in [5.41, 5.74) is 12.7. The van der Waals surface area contributed by atoms with Crippen LogP contribution in [-0.2, 0) is 14.4 Å². The zero-order valence-corrected chi connectivity index (χ0v) is 27.7. The van der Waals surface area contributed by atoms with Crippen LogP contribution in [0.15, 0.2) is 103 Å². The topological polar surface area (TPSA) is 102 Å². The number of carbonyl (C=O) groups is 3. The molecule has 1 atom stereocenters. The van der Waals surface area contributed by atoms with Crippen molar-refractivity contribution in [2.45, 2.75) is 19.3 Å². The number of carbonyl (C=O) groups excluding carboxylic acids is 3. The fraction of sp³-hybridized carbons (Fsp3) is 0.256. The standard InChI is InChI=1S/C39H42N6O3/c1-27(46)45-34-19-14-30(40)26-33(34)37(39(45)48)36(28-10-6-4-7-11-28)38(29-12-8-5-9-13-29)41-31-15-17-32(18-16-31)43(3)35(47)20-21-44-24-22-42(2)23-25-44/h4-19,26,37,41H,20-25,40H2,1-3H3. The first-order valence-electron chi connectivity index (χ1n) is 16.3. The number of piperazine rings is 1. The number of hydrogen-bond acceptors (Lipinski definition) is 7. The van der Waals surface area contributed by atoms with Crippen molar-refractivity contribution in [2.24, 2.45) is 0 Å². The van der Waals surface area contributed by atoms with Gasteiger partial charge in [-0.15, -0.1) is 0 Å². The number of nitrogens with one attached hydrogen (secondary N) is 1. The molecule has 9 nitrogen and oxygen atoms in total. The van der Waals surface area contributed by atoms with Crippen LogP contribution in [0.5, 0.6) is 0 Å². The van der Waals surface area contributed by atoms with E-state index >= 15 is 0 Å². The van der Waals surface area contributed by atoms with Crippen LogP contribution >= 0.6 is 0 Å². The smallest absolute Gasteiger partial charge is 0.245 e. The SMILES string of the molecule is CC(=O)N1C(=O)C(C(=C(Nc2ccc(N(C)C(=O)CCN3CCN(C)CC3)cc2)c2ccccc2)c2ccccc2)c2cc(N)ccc21. The molecule has 0 saturated carbocycles. The van der Waals surface area contributed by atoms with Crippen molar-refractivity contribution in [1.82, 2.24) is 9.80 Å². The molecule has 6 rings (SSSR count). The lowest BCUT2D eigenvalue weighted by Gasteiger charge is -2.32. The van der Waals surface area contributed by atoms with E-state index in [4.69, 9.17) is 5.73 Å². The average molecular weight is 643 g/mol. The maximum Gasteiger partial charge on any atom is 0.245 e. The van der Waals surface area contributed by atoms with Gasteiger partial charge >= 0.3 is 0 Å². The molecular formula is C39H42N6O3. The van der Waals surface area contributed by atoms with Crippen LogP contribution in [0.4, 0.5) is 22.7 Å². The quantitative estimate of drug-likeness (QED) is 0.183. The van der Waals surface area contributed by atoms with E-state index in [2.05, 4.69) is 22.2 Å². The normalized spacial score (nSPS) is 17.1. The number of benzene rings is 4. The highest BCUT2D eigenvalue weighted by atomic mass is 16.2. The van der Waals surface area contributed by atoms with E-state index in [9.17, 15) is 14.4 Å². The second kappa shape index (κ2) is 14.3. The number of rotatable bonds is 9. The Labute approximate surface area is 282 Å². The lowest BCUT2D eigenvalue weighted by Crippen LogP contribution is -2.45. The monoisotopic (exact) mass is 642 g/mol. The first kappa shape index (κ1) is 32.7. The number of amides is 3. The summed E-state index contributed by atoms with van der Waals surface area (Å²) in [4.78, 5) is 47.8. The summed E-state index contributed by atoms with van der Waals surface area (Å²) in [6.45, 7) is 6.16. The molecule has 3 amide bonds. The van der Waals surface area contributed by atoms with Crippen molar-refractivity contribution in [3.05, 3.63) is 120 Å². The van der Waals surface area contributed by atoms with Gasteiger partial charge in [0.1, 0.15) is 0 Å². The van der Waals surface area contributed by atoms with Gasteiger partial charge in [0, 0.05) is 75.8 Å². The molecule has 1 unspecified atom stereocenters. The molecule has 9 heteroatoms. The van der Waals surface area contributed by atoms with E-state index in [1.807, 2.05) is 92.0 Å². The van der Waals surface area contributed by atoms with Crippen LogP contribution in [0.25, 0.3) is 11.3 Å². The minimum absolute atomic E-state index is 0.0681. The van der Waals surface area contributed by atoms with E-state index in [-0.39, 0.29) is 17.7 Å². The Kier molecular flexibility index (Phi) is 9.70. The van der Waals surface area contributed by atoms with Gasteiger partial charge in [-0.05, 0) is 66.2 Å². The summed E-state index contributed by atoms with van der Waals surface area (Å²) < 4.78 is 0. The van der Waals surface area contributed by atoms with Gasteiger partial charge in [0.2, 0.25) is 17.7 Å². The van der Waals surface area contributed by atoms with E-state index in [0.717, 1.165) is 66.5 Å². The van der Waals surface area contributed by atoms with Crippen molar-refractivity contribution >= 4 is 51.7 Å². The molecule has 4 aromatic rings.